The maximum atomic E-state index is 11.9. The van der Waals surface area contributed by atoms with Crippen molar-refractivity contribution in [1.29, 1.82) is 0 Å². The largest absolute Gasteiger partial charge is 0.444 e. The average Bonchev–Trinajstić information content (AvgIpc) is 2.72. The predicted molar refractivity (Wildman–Crippen MR) is 61.1 cm³/mol. The highest BCUT2D eigenvalue weighted by atomic mass is 16.6. The number of carbonyl (C=O) groups is 1. The molecule has 1 heterocycles. The normalized spacial score (nSPS) is 31.2. The third-order valence-corrected chi connectivity index (χ3v) is 3.06. The van der Waals surface area contributed by atoms with Gasteiger partial charge in [0.05, 0.1) is 11.8 Å². The van der Waals surface area contributed by atoms with Gasteiger partial charge >= 0.3 is 6.09 Å². The molecule has 5 nitrogen and oxygen atoms in total. The molecule has 1 saturated heterocycles. The second-order valence-electron chi connectivity index (χ2n) is 5.57. The van der Waals surface area contributed by atoms with Gasteiger partial charge in [-0.2, -0.15) is 5.10 Å². The Labute approximate surface area is 95.6 Å². The van der Waals surface area contributed by atoms with E-state index in [1.165, 1.54) is 0 Å². The topological polar surface area (TPSA) is 67.9 Å². The van der Waals surface area contributed by atoms with Crippen molar-refractivity contribution in [3.8, 4) is 0 Å². The molecule has 0 aromatic rings. The van der Waals surface area contributed by atoms with Crippen LogP contribution in [-0.2, 0) is 4.74 Å². The van der Waals surface area contributed by atoms with Crippen LogP contribution in [0.15, 0.2) is 5.10 Å². The molecule has 0 aromatic carbocycles. The van der Waals surface area contributed by atoms with Crippen molar-refractivity contribution in [1.82, 2.24) is 4.90 Å². The highest BCUT2D eigenvalue weighted by Crippen LogP contribution is 2.36. The van der Waals surface area contributed by atoms with Gasteiger partial charge in [0.15, 0.2) is 0 Å². The highest BCUT2D eigenvalue weighted by molar-refractivity contribution is 5.95. The molecule has 2 unspecified atom stereocenters. The first-order valence-electron chi connectivity index (χ1n) is 5.67. The molecule has 90 valence electrons. The number of piperidine rings is 1. The van der Waals surface area contributed by atoms with Gasteiger partial charge in [0.25, 0.3) is 0 Å². The van der Waals surface area contributed by atoms with Crippen LogP contribution >= 0.6 is 0 Å². The van der Waals surface area contributed by atoms with Gasteiger partial charge in [-0.1, -0.05) is 0 Å². The summed E-state index contributed by atoms with van der Waals surface area (Å²) in [4.78, 5) is 13.7. The van der Waals surface area contributed by atoms with Crippen LogP contribution in [0.3, 0.4) is 0 Å². The summed E-state index contributed by atoms with van der Waals surface area (Å²) >= 11 is 0. The van der Waals surface area contributed by atoms with E-state index in [0.717, 1.165) is 25.1 Å². The van der Waals surface area contributed by atoms with E-state index in [4.69, 9.17) is 10.6 Å². The van der Waals surface area contributed by atoms with Gasteiger partial charge in [0.1, 0.15) is 5.60 Å². The molecule has 2 N–H and O–H groups in total. The third kappa shape index (κ3) is 1.99. The van der Waals surface area contributed by atoms with E-state index in [9.17, 15) is 4.79 Å². The number of nitrogens with zero attached hydrogens (tertiary/aromatic N) is 2. The molecule has 16 heavy (non-hydrogen) atoms. The zero-order valence-corrected chi connectivity index (χ0v) is 10.1. The van der Waals surface area contributed by atoms with Gasteiger partial charge < -0.3 is 10.6 Å². The van der Waals surface area contributed by atoms with Gasteiger partial charge in [-0.05, 0) is 39.5 Å². The second-order valence-corrected chi connectivity index (χ2v) is 5.57. The van der Waals surface area contributed by atoms with E-state index in [-0.39, 0.29) is 12.1 Å². The Bertz CT molecular complexity index is 333. The van der Waals surface area contributed by atoms with E-state index >= 15 is 0 Å². The SMILES string of the molecule is CC(C)(C)OC(=O)N1CC2C/C(=N\N)C1C2. The summed E-state index contributed by atoms with van der Waals surface area (Å²) in [7, 11) is 0. The van der Waals surface area contributed by atoms with E-state index < -0.39 is 5.60 Å². The lowest BCUT2D eigenvalue weighted by Crippen LogP contribution is -2.45. The molecule has 0 radical (unpaired) electrons. The molecule has 2 fully saturated rings. The number of hydrazone groups is 1. The number of ether oxygens (including phenoxy) is 1. The number of carbonyl (C=O) groups excluding carboxylic acids is 1. The van der Waals surface area contributed by atoms with Gasteiger partial charge in [-0.3, -0.25) is 4.90 Å². The summed E-state index contributed by atoms with van der Waals surface area (Å²) in [5, 5.41) is 3.77. The minimum Gasteiger partial charge on any atom is -0.444 e. The van der Waals surface area contributed by atoms with Crippen LogP contribution < -0.4 is 5.84 Å². The Morgan fingerprint density at radius 3 is 2.75 bits per heavy atom. The summed E-state index contributed by atoms with van der Waals surface area (Å²) in [6.07, 6.45) is 1.66. The first-order valence-corrected chi connectivity index (χ1v) is 5.67. The molecular formula is C11H19N3O2. The first kappa shape index (κ1) is 11.2. The summed E-state index contributed by atoms with van der Waals surface area (Å²) in [6, 6.07) is 0.0739. The van der Waals surface area contributed by atoms with Crippen LogP contribution in [-0.4, -0.2) is 34.9 Å². The third-order valence-electron chi connectivity index (χ3n) is 3.06. The number of nitrogens with two attached hydrogens (primary N) is 1. The van der Waals surface area contributed by atoms with Gasteiger partial charge in [-0.25, -0.2) is 4.79 Å². The molecular weight excluding hydrogens is 206 g/mol. The molecule has 2 bridgehead atoms. The molecule has 2 atom stereocenters. The molecule has 0 aromatic heterocycles. The van der Waals surface area contributed by atoms with Crippen molar-refractivity contribution in [2.24, 2.45) is 16.9 Å². The smallest absolute Gasteiger partial charge is 0.410 e. The monoisotopic (exact) mass is 225 g/mol. The molecule has 2 rings (SSSR count). The molecule has 1 aliphatic heterocycles. The van der Waals surface area contributed by atoms with Gasteiger partial charge in [0, 0.05) is 6.54 Å². The number of likely N-dealkylation sites (tertiary alicyclic amines) is 1. The van der Waals surface area contributed by atoms with Crippen LogP contribution in [0.5, 0.6) is 0 Å². The molecule has 1 aliphatic carbocycles. The zero-order valence-electron chi connectivity index (χ0n) is 10.1. The zero-order chi connectivity index (χ0) is 11.9. The van der Waals surface area contributed by atoms with Crippen LogP contribution in [0, 0.1) is 5.92 Å². The van der Waals surface area contributed by atoms with Crippen molar-refractivity contribution in [3.05, 3.63) is 0 Å². The van der Waals surface area contributed by atoms with Gasteiger partial charge in [-0.15, -0.1) is 0 Å². The van der Waals surface area contributed by atoms with Crippen LogP contribution in [0.25, 0.3) is 0 Å². The average molecular weight is 225 g/mol. The number of rotatable bonds is 0. The Morgan fingerprint density at radius 2 is 2.25 bits per heavy atom. The molecule has 1 amide bonds. The second kappa shape index (κ2) is 3.64. The molecule has 0 spiro atoms. The van der Waals surface area contributed by atoms with Crippen molar-refractivity contribution in [3.63, 3.8) is 0 Å². The minimum absolute atomic E-state index is 0.0739. The van der Waals surface area contributed by atoms with Crippen LogP contribution in [0.1, 0.15) is 33.6 Å². The number of hydrogen-bond donors (Lipinski definition) is 1. The van der Waals surface area contributed by atoms with Crippen LogP contribution in [0.4, 0.5) is 4.79 Å². The van der Waals surface area contributed by atoms with E-state index in [2.05, 4.69) is 5.10 Å². The summed E-state index contributed by atoms with van der Waals surface area (Å²) < 4.78 is 5.36. The Morgan fingerprint density at radius 1 is 1.56 bits per heavy atom. The lowest BCUT2D eigenvalue weighted by Gasteiger charge is -2.30. The summed E-state index contributed by atoms with van der Waals surface area (Å²) in [5.74, 6) is 5.83. The fourth-order valence-corrected chi connectivity index (χ4v) is 2.48. The quantitative estimate of drug-likeness (QED) is 0.499. The maximum absolute atomic E-state index is 11.9. The maximum Gasteiger partial charge on any atom is 0.410 e. The molecule has 5 heteroatoms. The highest BCUT2D eigenvalue weighted by Gasteiger charge is 2.46. The lowest BCUT2D eigenvalue weighted by molar-refractivity contribution is 0.0250. The lowest BCUT2D eigenvalue weighted by atomic mass is 10.1. The Balaban J connectivity index is 2.04. The van der Waals surface area contributed by atoms with E-state index in [1.807, 2.05) is 20.8 Å². The minimum atomic E-state index is -0.445. The molecule has 1 saturated carbocycles. The summed E-state index contributed by atoms with van der Waals surface area (Å²) in [5.41, 5.74) is 0.487. The van der Waals surface area contributed by atoms with Gasteiger partial charge in [0.2, 0.25) is 0 Å². The Kier molecular flexibility index (Phi) is 2.56. The molecule has 2 aliphatic rings. The van der Waals surface area contributed by atoms with Crippen LogP contribution in [0.2, 0.25) is 0 Å². The fourth-order valence-electron chi connectivity index (χ4n) is 2.48. The Hall–Kier alpha value is -1.26. The van der Waals surface area contributed by atoms with E-state index in [0.29, 0.717) is 5.92 Å². The predicted octanol–water partition coefficient (Wildman–Crippen LogP) is 1.33. The van der Waals surface area contributed by atoms with Crippen molar-refractivity contribution >= 4 is 11.8 Å². The van der Waals surface area contributed by atoms with E-state index in [1.54, 1.807) is 4.90 Å². The van der Waals surface area contributed by atoms with Crippen molar-refractivity contribution in [2.45, 2.75) is 45.3 Å². The first-order chi connectivity index (χ1) is 7.40. The van der Waals surface area contributed by atoms with Crippen molar-refractivity contribution in [2.75, 3.05) is 6.54 Å². The number of hydrogen-bond acceptors (Lipinski definition) is 4. The summed E-state index contributed by atoms with van der Waals surface area (Å²) in [6.45, 7) is 6.39. The number of fused-ring (bicyclic) bond motifs is 2. The fraction of sp³-hybridized carbons (Fsp3) is 0.818. The standard InChI is InChI=1S/C11H19N3O2/c1-11(2,3)16-10(15)14-6-7-4-8(13-12)9(14)5-7/h7,9H,4-6,12H2,1-3H3/b13-8+. The number of amides is 1. The van der Waals surface area contributed by atoms with Crippen molar-refractivity contribution < 1.29 is 9.53 Å².